The molecule has 0 aliphatic carbocycles. The highest BCUT2D eigenvalue weighted by atomic mass is 32.2. The Morgan fingerprint density at radius 2 is 1.87 bits per heavy atom. The van der Waals surface area contributed by atoms with Gasteiger partial charge in [-0.3, -0.25) is 4.79 Å². The van der Waals surface area contributed by atoms with Crippen LogP contribution in [-0.4, -0.2) is 23.5 Å². The molecule has 1 aromatic heterocycles. The number of benzene rings is 3. The second-order valence-electron chi connectivity index (χ2n) is 7.42. The molecule has 1 aliphatic heterocycles. The molecule has 1 saturated heterocycles. The minimum Gasteiger partial charge on any atom is -0.588 e. The highest BCUT2D eigenvalue weighted by Crippen LogP contribution is 2.31. The first-order valence-corrected chi connectivity index (χ1v) is 10.9. The van der Waals surface area contributed by atoms with Crippen molar-refractivity contribution in [3.8, 4) is 0 Å². The van der Waals surface area contributed by atoms with Gasteiger partial charge in [-0.05, 0) is 42.5 Å². The summed E-state index contributed by atoms with van der Waals surface area (Å²) < 4.78 is 35.5. The predicted octanol–water partition coefficient (Wildman–Crippen LogP) is 4.70. The van der Waals surface area contributed by atoms with E-state index >= 15 is 0 Å². The second kappa shape index (κ2) is 7.34. The Balaban J connectivity index is 1.43. The largest absolute Gasteiger partial charge is 0.588 e. The van der Waals surface area contributed by atoms with Crippen molar-refractivity contribution in [1.29, 1.82) is 0 Å². The van der Waals surface area contributed by atoms with Gasteiger partial charge in [0, 0.05) is 36.3 Å². The Morgan fingerprint density at radius 3 is 2.60 bits per heavy atom. The van der Waals surface area contributed by atoms with Crippen LogP contribution in [0.25, 0.3) is 21.7 Å². The second-order valence-corrected chi connectivity index (χ2v) is 8.60. The minimum atomic E-state index is -1.79. The number of aryl methyl sites for hydroxylation is 1. The van der Waals surface area contributed by atoms with Gasteiger partial charge in [-0.15, -0.1) is 0 Å². The molecule has 0 radical (unpaired) electrons. The van der Waals surface area contributed by atoms with Gasteiger partial charge in [0.05, 0.1) is 5.39 Å². The Bertz CT molecular complexity index is 1280. The van der Waals surface area contributed by atoms with Gasteiger partial charge in [0.25, 0.3) is 0 Å². The summed E-state index contributed by atoms with van der Waals surface area (Å²) in [4.78, 5) is 15.2. The minimum absolute atomic E-state index is 0.0746. The first-order valence-electron chi connectivity index (χ1n) is 9.70. The van der Waals surface area contributed by atoms with Gasteiger partial charge in [-0.25, -0.2) is 4.39 Å². The van der Waals surface area contributed by atoms with Gasteiger partial charge < -0.3 is 13.9 Å². The molecule has 1 amide bonds. The molecule has 152 valence electrons. The number of fused-ring (bicyclic) bond motifs is 2. The van der Waals surface area contributed by atoms with E-state index in [1.165, 1.54) is 12.1 Å². The molecule has 0 spiro atoms. The maximum Gasteiger partial charge on any atom is 0.328 e. The Morgan fingerprint density at radius 1 is 1.10 bits per heavy atom. The van der Waals surface area contributed by atoms with Crippen LogP contribution in [0.5, 0.6) is 0 Å². The van der Waals surface area contributed by atoms with Crippen LogP contribution in [0, 0.1) is 12.7 Å². The molecule has 1 N–H and O–H groups in total. The van der Waals surface area contributed by atoms with Crippen molar-refractivity contribution in [3.63, 3.8) is 0 Å². The van der Waals surface area contributed by atoms with E-state index in [9.17, 15) is 13.7 Å². The lowest BCUT2D eigenvalue weighted by Crippen LogP contribution is -2.36. The van der Waals surface area contributed by atoms with Gasteiger partial charge in [0.15, 0.2) is 10.7 Å². The number of halogens is 1. The third kappa shape index (κ3) is 3.20. The van der Waals surface area contributed by atoms with Crippen LogP contribution in [0.3, 0.4) is 0 Å². The van der Waals surface area contributed by atoms with Crippen LogP contribution < -0.4 is 9.62 Å². The molecule has 1 unspecified atom stereocenters. The van der Waals surface area contributed by atoms with Gasteiger partial charge in [0.1, 0.15) is 22.8 Å². The average Bonchev–Trinajstić information content (AvgIpc) is 3.12. The summed E-state index contributed by atoms with van der Waals surface area (Å²) in [5, 5.41) is 2.02. The van der Waals surface area contributed by atoms with Gasteiger partial charge in [-0.2, -0.15) is 4.72 Å². The molecule has 1 atom stereocenters. The van der Waals surface area contributed by atoms with Crippen LogP contribution in [0.4, 0.5) is 10.1 Å². The summed E-state index contributed by atoms with van der Waals surface area (Å²) in [5.41, 5.74) is 2.10. The zero-order valence-electron chi connectivity index (χ0n) is 16.3. The van der Waals surface area contributed by atoms with Crippen molar-refractivity contribution in [2.24, 2.45) is 0 Å². The maximum atomic E-state index is 14.5. The number of rotatable bonds is 4. The maximum absolute atomic E-state index is 14.5. The number of hydrogen-bond acceptors (Lipinski definition) is 4. The van der Waals surface area contributed by atoms with Crippen molar-refractivity contribution in [3.05, 3.63) is 71.7 Å². The SMILES string of the molecule is Cc1ccc([S+]([O-])NC(=O)c2cc3c(F)cc(N4CCC4)cc3o2)c2ccccc12. The molecule has 1 fully saturated rings. The number of hydrogen-bond donors (Lipinski definition) is 1. The van der Waals surface area contributed by atoms with Crippen LogP contribution in [0.1, 0.15) is 22.5 Å². The fourth-order valence-corrected chi connectivity index (χ4v) is 4.67. The van der Waals surface area contributed by atoms with Crippen LogP contribution in [-0.2, 0) is 11.4 Å². The number of carbonyl (C=O) groups excluding carboxylic acids is 1. The lowest BCUT2D eigenvalue weighted by atomic mass is 10.1. The highest BCUT2D eigenvalue weighted by molar-refractivity contribution is 7.90. The first-order chi connectivity index (χ1) is 14.5. The number of anilines is 1. The van der Waals surface area contributed by atoms with Crippen molar-refractivity contribution in [2.75, 3.05) is 18.0 Å². The van der Waals surface area contributed by atoms with E-state index in [1.54, 1.807) is 12.1 Å². The third-order valence-corrected chi connectivity index (χ3v) is 6.63. The van der Waals surface area contributed by atoms with Crippen molar-refractivity contribution < 1.29 is 18.2 Å². The number of nitrogens with one attached hydrogen (secondary N) is 1. The number of amides is 1. The molecule has 0 bridgehead atoms. The van der Waals surface area contributed by atoms with E-state index in [2.05, 4.69) is 4.72 Å². The highest BCUT2D eigenvalue weighted by Gasteiger charge is 2.24. The molecule has 2 heterocycles. The van der Waals surface area contributed by atoms with Gasteiger partial charge in [-0.1, -0.05) is 24.3 Å². The van der Waals surface area contributed by atoms with Gasteiger partial charge in [0.2, 0.25) is 0 Å². The summed E-state index contributed by atoms with van der Waals surface area (Å²) in [6.07, 6.45) is 1.07. The van der Waals surface area contributed by atoms with E-state index in [-0.39, 0.29) is 11.1 Å². The summed E-state index contributed by atoms with van der Waals surface area (Å²) in [6.45, 7) is 3.73. The molecule has 3 aromatic carbocycles. The summed E-state index contributed by atoms with van der Waals surface area (Å²) in [6, 6.07) is 15.8. The Labute approximate surface area is 175 Å². The molecule has 7 heteroatoms. The Kier molecular flexibility index (Phi) is 4.64. The molecule has 5 nitrogen and oxygen atoms in total. The summed E-state index contributed by atoms with van der Waals surface area (Å²) in [5.74, 6) is -1.17. The van der Waals surface area contributed by atoms with Crippen LogP contribution in [0.2, 0.25) is 0 Å². The fourth-order valence-electron chi connectivity index (χ4n) is 3.72. The number of nitrogens with zero attached hydrogens (tertiary/aromatic N) is 1. The van der Waals surface area contributed by atoms with E-state index in [0.29, 0.717) is 10.5 Å². The average molecular weight is 422 g/mol. The third-order valence-electron chi connectivity index (χ3n) is 5.50. The quantitative estimate of drug-likeness (QED) is 0.484. The molecular weight excluding hydrogens is 403 g/mol. The van der Waals surface area contributed by atoms with E-state index in [1.807, 2.05) is 42.2 Å². The topological polar surface area (TPSA) is 68.5 Å². The van der Waals surface area contributed by atoms with E-state index in [4.69, 9.17) is 4.42 Å². The normalized spacial score (nSPS) is 14.7. The molecule has 1 aliphatic rings. The van der Waals surface area contributed by atoms with Crippen molar-refractivity contribution >= 4 is 44.7 Å². The first kappa shape index (κ1) is 19.0. The summed E-state index contributed by atoms with van der Waals surface area (Å²) in [7, 11) is 0. The number of carbonyl (C=O) groups is 1. The lowest BCUT2D eigenvalue weighted by molar-refractivity contribution is 0.0956. The smallest absolute Gasteiger partial charge is 0.328 e. The van der Waals surface area contributed by atoms with Crippen LogP contribution >= 0.6 is 0 Å². The monoisotopic (exact) mass is 422 g/mol. The molecule has 30 heavy (non-hydrogen) atoms. The van der Waals surface area contributed by atoms with Crippen molar-refractivity contribution in [2.45, 2.75) is 18.2 Å². The van der Waals surface area contributed by atoms with Gasteiger partial charge >= 0.3 is 5.91 Å². The zero-order chi connectivity index (χ0) is 20.8. The lowest BCUT2D eigenvalue weighted by Gasteiger charge is -2.33. The molecule has 4 aromatic rings. The van der Waals surface area contributed by atoms with Crippen LogP contribution in [0.15, 0.2) is 63.9 Å². The molecule has 5 rings (SSSR count). The number of furan rings is 1. The fraction of sp³-hybridized carbons (Fsp3) is 0.174. The zero-order valence-corrected chi connectivity index (χ0v) is 17.1. The van der Waals surface area contributed by atoms with E-state index < -0.39 is 23.1 Å². The Hall–Kier alpha value is -3.03. The molecule has 0 saturated carbocycles. The summed E-state index contributed by atoms with van der Waals surface area (Å²) >= 11 is -1.79. The standard InChI is InChI=1S/C23H19FN2O3S/c1-14-7-8-22(17-6-3-2-5-16(14)17)30(28)25-23(27)21-13-18-19(24)11-15(12-20(18)29-21)26-9-4-10-26/h2-3,5-8,11-13H,4,9-10H2,1H3,(H,25,27). The predicted molar refractivity (Wildman–Crippen MR) is 116 cm³/mol. The van der Waals surface area contributed by atoms with Crippen molar-refractivity contribution in [1.82, 2.24) is 4.72 Å². The van der Waals surface area contributed by atoms with E-state index in [0.717, 1.165) is 41.5 Å². The molecular formula is C23H19FN2O3S.